The molecule has 0 aliphatic heterocycles. The van der Waals surface area contributed by atoms with E-state index >= 15 is 0 Å². The van der Waals surface area contributed by atoms with E-state index in [1.165, 1.54) is 19.4 Å². The normalized spacial score (nSPS) is 10.2. The quantitative estimate of drug-likeness (QED) is 0.575. The van der Waals surface area contributed by atoms with Gasteiger partial charge in [-0.2, -0.15) is 4.57 Å². The molecule has 0 saturated carbocycles. The predicted octanol–water partition coefficient (Wildman–Crippen LogP) is 2.58. The van der Waals surface area contributed by atoms with E-state index in [-0.39, 0.29) is 24.1 Å². The van der Waals surface area contributed by atoms with Gasteiger partial charge >= 0.3 is 0 Å². The van der Waals surface area contributed by atoms with Gasteiger partial charge in [0.1, 0.15) is 5.75 Å². The molecule has 3 N–H and O–H groups in total. The fourth-order valence-electron chi connectivity index (χ4n) is 2.62. The number of ether oxygens (including phenoxy) is 1. The number of para-hydroxylation sites is 2. The van der Waals surface area contributed by atoms with E-state index in [1.807, 2.05) is 6.07 Å². The number of amides is 2. The number of carbonyl (C=O) groups excluding carboxylic acids is 2. The minimum Gasteiger partial charge on any atom is -0.503 e. The second kappa shape index (κ2) is 8.68. The Morgan fingerprint density at radius 3 is 2.46 bits per heavy atom. The molecular weight excluding hydrogens is 358 g/mol. The van der Waals surface area contributed by atoms with Gasteiger partial charge in [-0.3, -0.25) is 9.59 Å². The van der Waals surface area contributed by atoms with Crippen molar-refractivity contribution in [2.75, 3.05) is 17.7 Å². The summed E-state index contributed by atoms with van der Waals surface area (Å²) in [5.74, 6) is 0.129. The van der Waals surface area contributed by atoms with Gasteiger partial charge in [0.25, 0.3) is 11.8 Å². The Balaban J connectivity index is 1.61. The molecule has 3 aromatic rings. The summed E-state index contributed by atoms with van der Waals surface area (Å²) in [6.07, 6.45) is 3.15. The van der Waals surface area contributed by atoms with E-state index in [9.17, 15) is 14.7 Å². The number of benzene rings is 2. The third-order valence-corrected chi connectivity index (χ3v) is 3.95. The molecule has 0 aliphatic rings. The Labute approximate surface area is 162 Å². The lowest BCUT2D eigenvalue weighted by Crippen LogP contribution is -2.39. The third kappa shape index (κ3) is 4.85. The van der Waals surface area contributed by atoms with Crippen molar-refractivity contribution in [1.82, 2.24) is 0 Å². The SMILES string of the molecule is COc1ccccc1NC(=O)c1ccc(NC(=O)C[n+]2cccc(O)c2)cc1. The Morgan fingerprint density at radius 1 is 1.00 bits per heavy atom. The monoisotopic (exact) mass is 378 g/mol. The fraction of sp³-hybridized carbons (Fsp3) is 0.0952. The molecule has 2 amide bonds. The highest BCUT2D eigenvalue weighted by atomic mass is 16.5. The average molecular weight is 378 g/mol. The van der Waals surface area contributed by atoms with Gasteiger partial charge in [-0.25, -0.2) is 0 Å². The topological polar surface area (TPSA) is 91.5 Å². The molecule has 0 radical (unpaired) electrons. The van der Waals surface area contributed by atoms with Crippen LogP contribution in [0.4, 0.5) is 11.4 Å². The number of hydrogen-bond acceptors (Lipinski definition) is 4. The van der Waals surface area contributed by atoms with Crippen LogP contribution in [0, 0.1) is 0 Å². The number of hydrogen-bond donors (Lipinski definition) is 3. The highest BCUT2D eigenvalue weighted by Gasteiger charge is 2.12. The fourth-order valence-corrected chi connectivity index (χ4v) is 2.62. The number of rotatable bonds is 6. The van der Waals surface area contributed by atoms with Crippen LogP contribution in [-0.2, 0) is 11.3 Å². The molecule has 0 saturated heterocycles. The van der Waals surface area contributed by atoms with E-state index in [0.717, 1.165) is 0 Å². The molecule has 0 unspecified atom stereocenters. The summed E-state index contributed by atoms with van der Waals surface area (Å²) >= 11 is 0. The van der Waals surface area contributed by atoms with Gasteiger partial charge in [-0.05, 0) is 42.5 Å². The third-order valence-electron chi connectivity index (χ3n) is 3.95. The van der Waals surface area contributed by atoms with Crippen LogP contribution in [0.15, 0.2) is 73.1 Å². The number of pyridine rings is 1. The van der Waals surface area contributed by atoms with Crippen molar-refractivity contribution in [2.45, 2.75) is 6.54 Å². The van der Waals surface area contributed by atoms with E-state index < -0.39 is 0 Å². The number of nitrogens with zero attached hydrogens (tertiary/aromatic N) is 1. The van der Waals surface area contributed by atoms with Gasteiger partial charge in [0.05, 0.1) is 12.8 Å². The lowest BCUT2D eigenvalue weighted by atomic mass is 10.2. The highest BCUT2D eigenvalue weighted by molar-refractivity contribution is 6.05. The minimum absolute atomic E-state index is 0.0600. The zero-order valence-electron chi connectivity index (χ0n) is 15.3. The van der Waals surface area contributed by atoms with Crippen LogP contribution in [0.5, 0.6) is 11.5 Å². The van der Waals surface area contributed by atoms with Crippen molar-refractivity contribution in [3.63, 3.8) is 0 Å². The largest absolute Gasteiger partial charge is 0.503 e. The standard InChI is InChI=1S/C21H19N3O4/c1-28-19-7-3-2-6-18(19)23-21(27)15-8-10-16(11-9-15)22-20(26)14-24-12-4-5-17(25)13-24/h2-13H,14H2,1H3,(H2-,22,23,25,26,27)/p+1. The second-order valence-corrected chi connectivity index (χ2v) is 6.01. The summed E-state index contributed by atoms with van der Waals surface area (Å²) in [4.78, 5) is 24.5. The Bertz CT molecular complexity index is 987. The van der Waals surface area contributed by atoms with Gasteiger partial charge < -0.3 is 20.5 Å². The zero-order chi connectivity index (χ0) is 19.9. The first-order valence-electron chi connectivity index (χ1n) is 8.57. The summed E-state index contributed by atoms with van der Waals surface area (Å²) < 4.78 is 6.79. The Hall–Kier alpha value is -3.87. The summed E-state index contributed by atoms with van der Waals surface area (Å²) in [5, 5.41) is 15.0. The van der Waals surface area contributed by atoms with Crippen LogP contribution in [0.25, 0.3) is 0 Å². The van der Waals surface area contributed by atoms with Gasteiger partial charge in [-0.1, -0.05) is 12.1 Å². The van der Waals surface area contributed by atoms with Gasteiger partial charge in [0.2, 0.25) is 12.7 Å². The molecule has 7 nitrogen and oxygen atoms in total. The molecule has 0 spiro atoms. The van der Waals surface area contributed by atoms with Crippen LogP contribution < -0.4 is 19.9 Å². The van der Waals surface area contributed by atoms with Crippen LogP contribution in [0.1, 0.15) is 10.4 Å². The van der Waals surface area contributed by atoms with Crippen molar-refractivity contribution in [1.29, 1.82) is 0 Å². The van der Waals surface area contributed by atoms with Crippen LogP contribution in [0.2, 0.25) is 0 Å². The summed E-state index contributed by atoms with van der Waals surface area (Å²) in [6, 6.07) is 16.9. The number of nitrogens with one attached hydrogen (secondary N) is 2. The smallest absolute Gasteiger partial charge is 0.290 e. The number of aromatic hydroxyl groups is 1. The molecule has 2 aromatic carbocycles. The molecule has 142 valence electrons. The van der Waals surface area contributed by atoms with Crippen LogP contribution >= 0.6 is 0 Å². The van der Waals surface area contributed by atoms with Crippen molar-refractivity contribution >= 4 is 23.2 Å². The van der Waals surface area contributed by atoms with E-state index in [0.29, 0.717) is 22.7 Å². The average Bonchev–Trinajstić information content (AvgIpc) is 2.69. The van der Waals surface area contributed by atoms with Crippen molar-refractivity contribution in [3.8, 4) is 11.5 Å². The maximum atomic E-state index is 12.4. The van der Waals surface area contributed by atoms with Crippen LogP contribution in [0.3, 0.4) is 0 Å². The van der Waals surface area contributed by atoms with E-state index in [2.05, 4.69) is 10.6 Å². The molecule has 7 heteroatoms. The van der Waals surface area contributed by atoms with Crippen molar-refractivity contribution in [2.24, 2.45) is 0 Å². The van der Waals surface area contributed by atoms with Crippen molar-refractivity contribution < 1.29 is 24.0 Å². The molecule has 3 rings (SSSR count). The number of anilines is 2. The van der Waals surface area contributed by atoms with Crippen LogP contribution in [-0.4, -0.2) is 24.0 Å². The van der Waals surface area contributed by atoms with Crippen molar-refractivity contribution in [3.05, 3.63) is 78.6 Å². The van der Waals surface area contributed by atoms with Gasteiger partial charge in [-0.15, -0.1) is 0 Å². The van der Waals surface area contributed by atoms with Gasteiger partial charge in [0, 0.05) is 17.3 Å². The lowest BCUT2D eigenvalue weighted by molar-refractivity contribution is -0.684. The predicted molar refractivity (Wildman–Crippen MR) is 104 cm³/mol. The summed E-state index contributed by atoms with van der Waals surface area (Å²) in [5.41, 5.74) is 1.60. The highest BCUT2D eigenvalue weighted by Crippen LogP contribution is 2.23. The number of aromatic nitrogens is 1. The first-order chi connectivity index (χ1) is 13.5. The zero-order valence-corrected chi connectivity index (χ0v) is 15.3. The molecular formula is C21H20N3O4+. The first kappa shape index (κ1) is 18.9. The Kier molecular flexibility index (Phi) is 5.86. The maximum absolute atomic E-state index is 12.4. The lowest BCUT2D eigenvalue weighted by Gasteiger charge is -2.10. The van der Waals surface area contributed by atoms with E-state index in [1.54, 1.807) is 59.3 Å². The molecule has 1 heterocycles. The van der Waals surface area contributed by atoms with Gasteiger partial charge in [0.15, 0.2) is 11.9 Å². The molecule has 0 aliphatic carbocycles. The number of carbonyl (C=O) groups is 2. The molecule has 1 aromatic heterocycles. The molecule has 0 fully saturated rings. The summed E-state index contributed by atoms with van der Waals surface area (Å²) in [7, 11) is 1.54. The molecule has 0 bridgehead atoms. The first-order valence-corrected chi connectivity index (χ1v) is 8.57. The molecule has 28 heavy (non-hydrogen) atoms. The minimum atomic E-state index is -0.280. The summed E-state index contributed by atoms with van der Waals surface area (Å²) in [6.45, 7) is 0.0600. The van der Waals surface area contributed by atoms with E-state index in [4.69, 9.17) is 4.74 Å². The molecule has 0 atom stereocenters. The second-order valence-electron chi connectivity index (χ2n) is 6.01. The maximum Gasteiger partial charge on any atom is 0.290 e. The Morgan fingerprint density at radius 2 is 1.75 bits per heavy atom. The number of methoxy groups -OCH3 is 1.